The first kappa shape index (κ1) is 13.8. The van der Waals surface area contributed by atoms with Crippen LogP contribution >= 0.6 is 0 Å². The third-order valence-corrected chi connectivity index (χ3v) is 3.39. The van der Waals surface area contributed by atoms with Crippen molar-refractivity contribution in [1.82, 2.24) is 14.8 Å². The fourth-order valence-corrected chi connectivity index (χ4v) is 2.36. The molecule has 0 aliphatic carbocycles. The molecule has 19 heavy (non-hydrogen) atoms. The average Bonchev–Trinajstić information content (AvgIpc) is 2.39. The molecule has 1 aliphatic heterocycles. The Morgan fingerprint density at radius 3 is 2.84 bits per heavy atom. The van der Waals surface area contributed by atoms with E-state index in [1.807, 2.05) is 12.1 Å². The summed E-state index contributed by atoms with van der Waals surface area (Å²) in [6, 6.07) is 4.15. The Hall–Kier alpha value is -1.62. The summed E-state index contributed by atoms with van der Waals surface area (Å²) >= 11 is 0. The largest absolute Gasteiger partial charge is 0.366 e. The second-order valence-corrected chi connectivity index (χ2v) is 5.38. The fourth-order valence-electron chi connectivity index (χ4n) is 2.36. The monoisotopic (exact) mass is 262 g/mol. The van der Waals surface area contributed by atoms with Gasteiger partial charge in [0.1, 0.15) is 5.82 Å². The van der Waals surface area contributed by atoms with Gasteiger partial charge < -0.3 is 15.1 Å². The van der Waals surface area contributed by atoms with Crippen molar-refractivity contribution in [3.8, 4) is 0 Å². The number of pyridine rings is 1. The third-order valence-electron chi connectivity index (χ3n) is 3.39. The summed E-state index contributed by atoms with van der Waals surface area (Å²) in [5.74, 6) is 0.826. The van der Waals surface area contributed by atoms with Gasteiger partial charge in [0, 0.05) is 32.9 Å². The Bertz CT molecular complexity index is 430. The molecule has 1 N–H and O–H groups in total. The molecule has 0 aromatic carbocycles. The van der Waals surface area contributed by atoms with Crippen LogP contribution in [0.2, 0.25) is 0 Å². The standard InChI is InChI=1S/C14H22N4O/c1-17(2)14(19)11-6-7-13(15-9-11)16-12-5-4-8-18(3)10-12/h6-7,9,12H,4-5,8,10H2,1-3H3,(H,15,16). The minimum Gasteiger partial charge on any atom is -0.366 e. The van der Waals surface area contributed by atoms with Gasteiger partial charge in [-0.3, -0.25) is 4.79 Å². The maximum atomic E-state index is 11.7. The number of piperidine rings is 1. The van der Waals surface area contributed by atoms with Gasteiger partial charge in [-0.2, -0.15) is 0 Å². The third kappa shape index (κ3) is 3.67. The molecule has 1 aromatic rings. The van der Waals surface area contributed by atoms with Crippen LogP contribution in [0.25, 0.3) is 0 Å². The van der Waals surface area contributed by atoms with Gasteiger partial charge in [-0.05, 0) is 38.6 Å². The topological polar surface area (TPSA) is 48.5 Å². The first-order chi connectivity index (χ1) is 9.06. The van der Waals surface area contributed by atoms with E-state index in [-0.39, 0.29) is 5.91 Å². The predicted molar refractivity (Wildman–Crippen MR) is 76.4 cm³/mol. The molecule has 1 fully saturated rings. The Morgan fingerprint density at radius 1 is 1.47 bits per heavy atom. The lowest BCUT2D eigenvalue weighted by molar-refractivity contribution is 0.0827. The molecule has 0 bridgehead atoms. The lowest BCUT2D eigenvalue weighted by Gasteiger charge is -2.30. The van der Waals surface area contributed by atoms with Crippen molar-refractivity contribution in [3.63, 3.8) is 0 Å². The van der Waals surface area contributed by atoms with Crippen molar-refractivity contribution >= 4 is 11.7 Å². The number of rotatable bonds is 3. The highest BCUT2D eigenvalue weighted by molar-refractivity contribution is 5.93. The van der Waals surface area contributed by atoms with Crippen LogP contribution in [0.3, 0.4) is 0 Å². The van der Waals surface area contributed by atoms with E-state index < -0.39 is 0 Å². The van der Waals surface area contributed by atoms with Crippen LogP contribution in [0.4, 0.5) is 5.82 Å². The zero-order chi connectivity index (χ0) is 13.8. The van der Waals surface area contributed by atoms with Crippen molar-refractivity contribution in [2.75, 3.05) is 39.5 Å². The molecular weight excluding hydrogens is 240 g/mol. The summed E-state index contributed by atoms with van der Waals surface area (Å²) in [6.45, 7) is 2.21. The van der Waals surface area contributed by atoms with E-state index in [1.165, 1.54) is 19.4 Å². The molecule has 1 aliphatic rings. The minimum atomic E-state index is -0.0172. The normalized spacial score (nSPS) is 20.1. The summed E-state index contributed by atoms with van der Waals surface area (Å²) in [5.41, 5.74) is 0.622. The Balaban J connectivity index is 1.97. The molecule has 0 spiro atoms. The zero-order valence-electron chi connectivity index (χ0n) is 11.9. The number of likely N-dealkylation sites (tertiary alicyclic amines) is 1. The quantitative estimate of drug-likeness (QED) is 0.891. The number of likely N-dealkylation sites (N-methyl/N-ethyl adjacent to an activating group) is 1. The van der Waals surface area contributed by atoms with Gasteiger partial charge in [0.05, 0.1) is 5.56 Å². The van der Waals surface area contributed by atoms with Crippen LogP contribution in [0.15, 0.2) is 18.3 Å². The molecule has 104 valence electrons. The number of carbonyl (C=O) groups is 1. The molecule has 1 aromatic heterocycles. The number of amides is 1. The maximum absolute atomic E-state index is 11.7. The highest BCUT2D eigenvalue weighted by atomic mass is 16.2. The molecule has 2 heterocycles. The summed E-state index contributed by atoms with van der Waals surface area (Å²) in [7, 11) is 5.62. The molecule has 1 atom stereocenters. The van der Waals surface area contributed by atoms with E-state index in [1.54, 1.807) is 25.2 Å². The smallest absolute Gasteiger partial charge is 0.254 e. The number of hydrogen-bond acceptors (Lipinski definition) is 4. The number of hydrogen-bond donors (Lipinski definition) is 1. The first-order valence-electron chi connectivity index (χ1n) is 6.69. The summed E-state index contributed by atoms with van der Waals surface area (Å²) in [5, 5.41) is 3.43. The van der Waals surface area contributed by atoms with Crippen LogP contribution in [0.5, 0.6) is 0 Å². The van der Waals surface area contributed by atoms with Crippen molar-refractivity contribution in [1.29, 1.82) is 0 Å². The van der Waals surface area contributed by atoms with Crippen molar-refractivity contribution in [2.24, 2.45) is 0 Å². The molecule has 2 rings (SSSR count). The molecule has 1 unspecified atom stereocenters. The lowest BCUT2D eigenvalue weighted by atomic mass is 10.1. The van der Waals surface area contributed by atoms with Gasteiger partial charge in [-0.1, -0.05) is 0 Å². The van der Waals surface area contributed by atoms with Gasteiger partial charge in [0.15, 0.2) is 0 Å². The number of aromatic nitrogens is 1. The Kier molecular flexibility index (Phi) is 4.37. The summed E-state index contributed by atoms with van der Waals surface area (Å²) in [4.78, 5) is 20.0. The van der Waals surface area contributed by atoms with Crippen molar-refractivity contribution in [3.05, 3.63) is 23.9 Å². The molecule has 1 saturated heterocycles. The van der Waals surface area contributed by atoms with E-state index >= 15 is 0 Å². The van der Waals surface area contributed by atoms with Gasteiger partial charge in [-0.15, -0.1) is 0 Å². The van der Waals surface area contributed by atoms with E-state index in [2.05, 4.69) is 22.2 Å². The summed E-state index contributed by atoms with van der Waals surface area (Å²) < 4.78 is 0. The number of nitrogens with one attached hydrogen (secondary N) is 1. The molecule has 5 nitrogen and oxygen atoms in total. The Morgan fingerprint density at radius 2 is 2.26 bits per heavy atom. The molecule has 0 saturated carbocycles. The Labute approximate surface area is 114 Å². The van der Waals surface area contributed by atoms with Gasteiger partial charge in [-0.25, -0.2) is 4.98 Å². The van der Waals surface area contributed by atoms with Gasteiger partial charge in [0.25, 0.3) is 5.91 Å². The van der Waals surface area contributed by atoms with Gasteiger partial charge >= 0.3 is 0 Å². The average molecular weight is 262 g/mol. The minimum absolute atomic E-state index is 0.0172. The van der Waals surface area contributed by atoms with E-state index in [0.717, 1.165) is 12.4 Å². The highest BCUT2D eigenvalue weighted by Gasteiger charge is 2.17. The molecular formula is C14H22N4O. The number of carbonyl (C=O) groups excluding carboxylic acids is 1. The van der Waals surface area contributed by atoms with Gasteiger partial charge in [0.2, 0.25) is 0 Å². The number of anilines is 1. The number of nitrogens with zero attached hydrogens (tertiary/aromatic N) is 3. The summed E-state index contributed by atoms with van der Waals surface area (Å²) in [6.07, 6.45) is 4.02. The molecule has 5 heteroatoms. The lowest BCUT2D eigenvalue weighted by Crippen LogP contribution is -2.39. The van der Waals surface area contributed by atoms with Crippen LogP contribution in [0.1, 0.15) is 23.2 Å². The van der Waals surface area contributed by atoms with Crippen molar-refractivity contribution < 1.29 is 4.79 Å². The SMILES string of the molecule is CN1CCCC(Nc2ccc(C(=O)N(C)C)cn2)C1. The second kappa shape index (κ2) is 6.02. The van der Waals surface area contributed by atoms with Crippen LogP contribution < -0.4 is 5.32 Å². The highest BCUT2D eigenvalue weighted by Crippen LogP contribution is 2.14. The fraction of sp³-hybridized carbons (Fsp3) is 0.571. The molecule has 0 radical (unpaired) electrons. The maximum Gasteiger partial charge on any atom is 0.254 e. The molecule has 1 amide bonds. The van der Waals surface area contributed by atoms with E-state index in [9.17, 15) is 4.79 Å². The predicted octanol–water partition coefficient (Wildman–Crippen LogP) is 1.29. The van der Waals surface area contributed by atoms with E-state index in [0.29, 0.717) is 11.6 Å². The van der Waals surface area contributed by atoms with Crippen LogP contribution in [0, 0.1) is 0 Å². The van der Waals surface area contributed by atoms with Crippen LogP contribution in [-0.4, -0.2) is 61.0 Å². The van der Waals surface area contributed by atoms with Crippen LogP contribution in [-0.2, 0) is 0 Å². The van der Waals surface area contributed by atoms with Crippen molar-refractivity contribution in [2.45, 2.75) is 18.9 Å². The van der Waals surface area contributed by atoms with E-state index in [4.69, 9.17) is 0 Å². The second-order valence-electron chi connectivity index (χ2n) is 5.38. The zero-order valence-corrected chi connectivity index (χ0v) is 11.9. The first-order valence-corrected chi connectivity index (χ1v) is 6.69.